The lowest BCUT2D eigenvalue weighted by atomic mass is 9.45. The number of methoxy groups -OCH3 is 1. The number of benzene rings is 2. The quantitative estimate of drug-likeness (QED) is 0.295. The molecule has 2 aromatic carbocycles. The minimum atomic E-state index is -0.849. The van der Waals surface area contributed by atoms with Crippen LogP contribution in [0.2, 0.25) is 0 Å². The molecule has 4 fully saturated rings. The van der Waals surface area contributed by atoms with Gasteiger partial charge < -0.3 is 25.6 Å². The highest BCUT2D eigenvalue weighted by atomic mass is 16.7. The number of aliphatic hydroxyl groups excluding tert-OH is 2. The fourth-order valence-corrected chi connectivity index (χ4v) is 7.72. The van der Waals surface area contributed by atoms with Crippen molar-refractivity contribution < 1.29 is 29.4 Å². The van der Waals surface area contributed by atoms with Gasteiger partial charge in [0.2, 0.25) is 5.91 Å². The van der Waals surface area contributed by atoms with Crippen molar-refractivity contribution in [3.05, 3.63) is 59.7 Å². The SMILES string of the molecule is COCCNC(=O)c1cccc(-c2cccc(CN3O[C@@H](CO)[C@@H]([C@H](C)O)[C@H]3C(=O)N[C@H]3C[C@@H]4C[C@H]([C@@H]3C)C4(C)C)c2)c1. The van der Waals surface area contributed by atoms with E-state index in [1.165, 1.54) is 6.42 Å². The number of hydrogen-bond acceptors (Lipinski definition) is 7. The smallest absolute Gasteiger partial charge is 0.251 e. The molecule has 2 bridgehead atoms. The zero-order chi connectivity index (χ0) is 30.9. The third-order valence-corrected chi connectivity index (χ3v) is 10.4. The van der Waals surface area contributed by atoms with Crippen molar-refractivity contribution in [2.75, 3.05) is 26.9 Å². The Labute approximate surface area is 254 Å². The molecule has 4 aliphatic rings. The van der Waals surface area contributed by atoms with E-state index in [4.69, 9.17) is 9.57 Å². The molecule has 43 heavy (non-hydrogen) atoms. The number of hydrogen-bond donors (Lipinski definition) is 4. The summed E-state index contributed by atoms with van der Waals surface area (Å²) in [5, 5.41) is 28.7. The number of carbonyl (C=O) groups excluding carboxylic acids is 2. The van der Waals surface area contributed by atoms with Crippen LogP contribution in [0.4, 0.5) is 0 Å². The molecule has 1 saturated heterocycles. The normalized spacial score (nSPS) is 30.3. The van der Waals surface area contributed by atoms with Crippen LogP contribution in [-0.4, -0.2) is 78.3 Å². The lowest BCUT2D eigenvalue weighted by Gasteiger charge is -2.62. The molecule has 9 heteroatoms. The third-order valence-electron chi connectivity index (χ3n) is 10.4. The number of aliphatic hydroxyl groups is 2. The Balaban J connectivity index is 1.33. The van der Waals surface area contributed by atoms with Crippen LogP contribution >= 0.6 is 0 Å². The highest BCUT2D eigenvalue weighted by molar-refractivity contribution is 5.95. The van der Waals surface area contributed by atoms with Crippen LogP contribution in [0.1, 0.15) is 56.5 Å². The zero-order valence-corrected chi connectivity index (χ0v) is 26.0. The van der Waals surface area contributed by atoms with Crippen molar-refractivity contribution in [1.29, 1.82) is 0 Å². The molecule has 9 nitrogen and oxygen atoms in total. The minimum Gasteiger partial charge on any atom is -0.394 e. The lowest BCUT2D eigenvalue weighted by molar-refractivity contribution is -0.183. The van der Waals surface area contributed by atoms with E-state index >= 15 is 0 Å². The number of carbonyl (C=O) groups is 2. The van der Waals surface area contributed by atoms with Gasteiger partial charge in [0.05, 0.1) is 25.9 Å². The van der Waals surface area contributed by atoms with Crippen LogP contribution in [0, 0.1) is 29.1 Å². The summed E-state index contributed by atoms with van der Waals surface area (Å²) in [6, 6.07) is 14.7. The molecule has 3 aliphatic carbocycles. The monoisotopic (exact) mass is 593 g/mol. The average Bonchev–Trinajstić information content (AvgIpc) is 3.36. The predicted octanol–water partition coefficient (Wildman–Crippen LogP) is 3.39. The van der Waals surface area contributed by atoms with Crippen molar-refractivity contribution >= 4 is 11.8 Å². The number of nitrogens with zero attached hydrogens (tertiary/aromatic N) is 1. The summed E-state index contributed by atoms with van der Waals surface area (Å²) in [5.41, 5.74) is 3.59. The number of amides is 2. The first-order chi connectivity index (χ1) is 20.5. The van der Waals surface area contributed by atoms with Gasteiger partial charge in [0.1, 0.15) is 12.1 Å². The van der Waals surface area contributed by atoms with Gasteiger partial charge in [-0.15, -0.1) is 0 Å². The molecule has 3 saturated carbocycles. The maximum absolute atomic E-state index is 13.9. The van der Waals surface area contributed by atoms with Gasteiger partial charge in [-0.3, -0.25) is 14.4 Å². The van der Waals surface area contributed by atoms with E-state index < -0.39 is 24.2 Å². The summed E-state index contributed by atoms with van der Waals surface area (Å²) >= 11 is 0. The van der Waals surface area contributed by atoms with Crippen LogP contribution in [0.15, 0.2) is 48.5 Å². The van der Waals surface area contributed by atoms with E-state index in [2.05, 4.69) is 31.4 Å². The largest absolute Gasteiger partial charge is 0.394 e. The number of fused-ring (bicyclic) bond motifs is 2. The summed E-state index contributed by atoms with van der Waals surface area (Å²) in [4.78, 5) is 32.7. The molecule has 0 spiro atoms. The lowest BCUT2D eigenvalue weighted by Crippen LogP contribution is -2.62. The molecule has 6 rings (SSSR count). The van der Waals surface area contributed by atoms with Crippen molar-refractivity contribution in [3.63, 3.8) is 0 Å². The van der Waals surface area contributed by atoms with E-state index in [1.807, 2.05) is 42.5 Å². The summed E-state index contributed by atoms with van der Waals surface area (Å²) in [7, 11) is 1.59. The fraction of sp³-hybridized carbons (Fsp3) is 0.588. The topological polar surface area (TPSA) is 120 Å². The van der Waals surface area contributed by atoms with E-state index in [9.17, 15) is 19.8 Å². The maximum atomic E-state index is 13.9. The van der Waals surface area contributed by atoms with Gasteiger partial charge in [-0.2, -0.15) is 5.06 Å². The van der Waals surface area contributed by atoms with Gasteiger partial charge in [0, 0.05) is 31.2 Å². The molecule has 4 N–H and O–H groups in total. The van der Waals surface area contributed by atoms with Crippen molar-refractivity contribution in [3.8, 4) is 11.1 Å². The first-order valence-electron chi connectivity index (χ1n) is 15.5. The van der Waals surface area contributed by atoms with Crippen molar-refractivity contribution in [2.24, 2.45) is 29.1 Å². The molecule has 0 unspecified atom stereocenters. The molecular weight excluding hydrogens is 546 g/mol. The molecule has 8 atom stereocenters. The third kappa shape index (κ3) is 6.37. The predicted molar refractivity (Wildman–Crippen MR) is 164 cm³/mol. The molecule has 1 aliphatic heterocycles. The van der Waals surface area contributed by atoms with Gasteiger partial charge in [0.15, 0.2) is 0 Å². The molecule has 234 valence electrons. The maximum Gasteiger partial charge on any atom is 0.251 e. The number of hydroxylamine groups is 2. The fourth-order valence-electron chi connectivity index (χ4n) is 7.72. The molecule has 2 aromatic rings. The standard InChI is InChI=1S/C34H47N3O6/c1-20-27-16-26(34(27,3)4)17-28(20)36-33(41)31-30(21(2)39)29(19-38)43-37(31)18-22-8-6-9-23(14-22)24-10-7-11-25(15-24)32(40)35-12-13-42-5/h6-11,14-15,20-21,26-31,38-39H,12-13,16-19H2,1-5H3,(H,35,40)(H,36,41)/t20-,21-,26-,27+,28-,29-,30+,31-/m0/s1. The number of nitrogens with one attached hydrogen (secondary N) is 2. The van der Waals surface area contributed by atoms with E-state index in [0.29, 0.717) is 48.4 Å². The first kappa shape index (κ1) is 31.6. The molecular formula is C34H47N3O6. The van der Waals surface area contributed by atoms with E-state index in [-0.39, 0.29) is 24.5 Å². The van der Waals surface area contributed by atoms with Crippen molar-refractivity contribution in [2.45, 2.75) is 71.4 Å². The van der Waals surface area contributed by atoms with Crippen LogP contribution < -0.4 is 10.6 Å². The zero-order valence-electron chi connectivity index (χ0n) is 26.0. The van der Waals surface area contributed by atoms with Gasteiger partial charge in [-0.25, -0.2) is 0 Å². The Morgan fingerprint density at radius 3 is 2.51 bits per heavy atom. The molecule has 0 radical (unpaired) electrons. The summed E-state index contributed by atoms with van der Waals surface area (Å²) in [6.45, 7) is 9.43. The van der Waals surface area contributed by atoms with Crippen LogP contribution in [-0.2, 0) is 20.9 Å². The minimum absolute atomic E-state index is 0.0799. The number of rotatable bonds is 11. The Bertz CT molecular complexity index is 1300. The van der Waals surface area contributed by atoms with Gasteiger partial charge in [-0.1, -0.05) is 51.1 Å². The highest BCUT2D eigenvalue weighted by Crippen LogP contribution is 2.61. The van der Waals surface area contributed by atoms with E-state index in [1.54, 1.807) is 25.2 Å². The van der Waals surface area contributed by atoms with Gasteiger partial charge in [-0.05, 0) is 77.8 Å². The number of ether oxygens (including phenoxy) is 1. The first-order valence-corrected chi connectivity index (χ1v) is 15.5. The van der Waals surface area contributed by atoms with Crippen LogP contribution in [0.3, 0.4) is 0 Å². The molecule has 2 amide bonds. The van der Waals surface area contributed by atoms with Crippen molar-refractivity contribution in [1.82, 2.24) is 15.7 Å². The molecule has 0 aromatic heterocycles. The Hall–Kier alpha value is -2.82. The summed E-state index contributed by atoms with van der Waals surface area (Å²) in [5.74, 6) is 0.648. The summed E-state index contributed by atoms with van der Waals surface area (Å²) < 4.78 is 5.02. The molecule has 1 heterocycles. The Kier molecular flexibility index (Phi) is 9.58. The van der Waals surface area contributed by atoms with Gasteiger partial charge in [0.25, 0.3) is 5.91 Å². The second kappa shape index (κ2) is 13.0. The van der Waals surface area contributed by atoms with E-state index in [0.717, 1.165) is 23.1 Å². The average molecular weight is 594 g/mol. The van der Waals surface area contributed by atoms with Crippen LogP contribution in [0.25, 0.3) is 11.1 Å². The Morgan fingerprint density at radius 2 is 1.86 bits per heavy atom. The Morgan fingerprint density at radius 1 is 1.14 bits per heavy atom. The highest BCUT2D eigenvalue weighted by Gasteiger charge is 2.57. The summed E-state index contributed by atoms with van der Waals surface area (Å²) in [6.07, 6.45) is 0.638. The second-order valence-electron chi connectivity index (χ2n) is 13.3. The van der Waals surface area contributed by atoms with Gasteiger partial charge >= 0.3 is 0 Å². The second-order valence-corrected chi connectivity index (χ2v) is 13.3. The van der Waals surface area contributed by atoms with Crippen LogP contribution in [0.5, 0.6) is 0 Å².